The molecule has 0 radical (unpaired) electrons. The van der Waals surface area contributed by atoms with Crippen LogP contribution in [0.5, 0.6) is 0 Å². The van der Waals surface area contributed by atoms with Gasteiger partial charge in [0.2, 0.25) is 0 Å². The van der Waals surface area contributed by atoms with Crippen LogP contribution in [0.15, 0.2) is 30.3 Å². The van der Waals surface area contributed by atoms with Gasteiger partial charge in [0, 0.05) is 20.8 Å². The highest BCUT2D eigenvalue weighted by atomic mass is 28.4. The van der Waals surface area contributed by atoms with Crippen LogP contribution < -0.4 is 0 Å². The monoisotopic (exact) mass is 265 g/mol. The van der Waals surface area contributed by atoms with Crippen LogP contribution >= 0.6 is 0 Å². The summed E-state index contributed by atoms with van der Waals surface area (Å²) in [5, 5.41) is 0. The van der Waals surface area contributed by atoms with E-state index in [1.54, 1.807) is 14.2 Å². The fourth-order valence-electron chi connectivity index (χ4n) is 2.58. The lowest BCUT2D eigenvalue weighted by Crippen LogP contribution is -2.65. The standard InChI is InChI=1S/C14H23NO2Si/c1-16-18(3,17-2)14-10-12-15(14)11-9-13-7-5-4-6-8-13/h4-8,14H,9-12H2,1-3H3. The minimum Gasteiger partial charge on any atom is -0.397 e. The van der Waals surface area contributed by atoms with Gasteiger partial charge in [-0.3, -0.25) is 4.90 Å². The quantitative estimate of drug-likeness (QED) is 0.736. The molecule has 3 nitrogen and oxygen atoms in total. The Morgan fingerprint density at radius 1 is 1.22 bits per heavy atom. The van der Waals surface area contributed by atoms with Crippen molar-refractivity contribution in [1.29, 1.82) is 0 Å². The third-order valence-electron chi connectivity index (χ3n) is 4.08. The minimum absolute atomic E-state index is 0.510. The molecule has 1 aliphatic rings. The lowest BCUT2D eigenvalue weighted by molar-refractivity contribution is 0.0917. The second-order valence-electron chi connectivity index (χ2n) is 5.00. The van der Waals surface area contributed by atoms with E-state index in [1.165, 1.54) is 18.5 Å². The van der Waals surface area contributed by atoms with Crippen LogP contribution in [-0.4, -0.2) is 46.4 Å². The van der Waals surface area contributed by atoms with Crippen LogP contribution in [0, 0.1) is 0 Å². The molecule has 1 saturated heterocycles. The molecule has 0 spiro atoms. The predicted octanol–water partition coefficient (Wildman–Crippen LogP) is 2.21. The zero-order valence-electron chi connectivity index (χ0n) is 11.6. The summed E-state index contributed by atoms with van der Waals surface area (Å²) in [4.78, 5) is 2.51. The van der Waals surface area contributed by atoms with E-state index >= 15 is 0 Å². The summed E-state index contributed by atoms with van der Waals surface area (Å²) in [5.41, 5.74) is 1.91. The van der Waals surface area contributed by atoms with Gasteiger partial charge in [0.25, 0.3) is 0 Å². The average Bonchev–Trinajstić information content (AvgIpc) is 2.38. The lowest BCUT2D eigenvalue weighted by atomic mass is 10.1. The van der Waals surface area contributed by atoms with Gasteiger partial charge in [0.1, 0.15) is 0 Å². The maximum absolute atomic E-state index is 5.65. The van der Waals surface area contributed by atoms with Crippen molar-refractivity contribution >= 4 is 8.56 Å². The van der Waals surface area contributed by atoms with Crippen LogP contribution in [0.2, 0.25) is 6.55 Å². The summed E-state index contributed by atoms with van der Waals surface area (Å²) in [7, 11) is 1.57. The van der Waals surface area contributed by atoms with Gasteiger partial charge >= 0.3 is 8.56 Å². The fraction of sp³-hybridized carbons (Fsp3) is 0.571. The largest absolute Gasteiger partial charge is 0.397 e. The minimum atomic E-state index is -1.99. The molecule has 0 bridgehead atoms. The molecule has 0 N–H and O–H groups in total. The fourth-order valence-corrected chi connectivity index (χ4v) is 4.86. The summed E-state index contributed by atoms with van der Waals surface area (Å²) >= 11 is 0. The zero-order chi connectivity index (χ0) is 13.0. The number of likely N-dealkylation sites (tertiary alicyclic amines) is 1. The lowest BCUT2D eigenvalue weighted by Gasteiger charge is -2.47. The Labute approximate surface area is 111 Å². The Morgan fingerprint density at radius 2 is 1.89 bits per heavy atom. The van der Waals surface area contributed by atoms with Crippen molar-refractivity contribution in [1.82, 2.24) is 4.90 Å². The molecule has 0 saturated carbocycles. The van der Waals surface area contributed by atoms with E-state index in [0.717, 1.165) is 13.0 Å². The van der Waals surface area contributed by atoms with Gasteiger partial charge in [-0.1, -0.05) is 30.3 Å². The van der Waals surface area contributed by atoms with E-state index in [2.05, 4.69) is 41.8 Å². The maximum Gasteiger partial charge on any atom is 0.352 e. The van der Waals surface area contributed by atoms with E-state index in [-0.39, 0.29) is 0 Å². The van der Waals surface area contributed by atoms with Gasteiger partial charge in [0.05, 0.1) is 5.67 Å². The summed E-state index contributed by atoms with van der Waals surface area (Å²) in [6.07, 6.45) is 2.31. The molecular formula is C14H23NO2Si. The molecule has 1 aliphatic heterocycles. The van der Waals surface area contributed by atoms with Gasteiger partial charge in [0.15, 0.2) is 0 Å². The van der Waals surface area contributed by atoms with E-state index in [9.17, 15) is 0 Å². The van der Waals surface area contributed by atoms with Gasteiger partial charge < -0.3 is 8.85 Å². The van der Waals surface area contributed by atoms with Gasteiger partial charge in [-0.2, -0.15) is 0 Å². The second kappa shape index (κ2) is 5.97. The molecular weight excluding hydrogens is 242 g/mol. The van der Waals surface area contributed by atoms with Gasteiger partial charge in [-0.05, 0) is 31.5 Å². The molecule has 18 heavy (non-hydrogen) atoms. The predicted molar refractivity (Wildman–Crippen MR) is 75.8 cm³/mol. The van der Waals surface area contributed by atoms with Crippen molar-refractivity contribution in [3.8, 4) is 0 Å². The van der Waals surface area contributed by atoms with Crippen LogP contribution in [-0.2, 0) is 15.3 Å². The van der Waals surface area contributed by atoms with Crippen molar-refractivity contribution in [2.45, 2.75) is 25.1 Å². The molecule has 0 aromatic heterocycles. The number of rotatable bonds is 6. The highest BCUT2D eigenvalue weighted by Crippen LogP contribution is 2.27. The van der Waals surface area contributed by atoms with Crippen molar-refractivity contribution < 1.29 is 8.85 Å². The highest BCUT2D eigenvalue weighted by Gasteiger charge is 2.47. The van der Waals surface area contributed by atoms with Crippen molar-refractivity contribution in [3.05, 3.63) is 35.9 Å². The second-order valence-corrected chi connectivity index (χ2v) is 8.52. The van der Waals surface area contributed by atoms with Crippen LogP contribution in [0.4, 0.5) is 0 Å². The molecule has 0 amide bonds. The normalized spacial score (nSPS) is 20.7. The Balaban J connectivity index is 1.88. The van der Waals surface area contributed by atoms with Gasteiger partial charge in [-0.15, -0.1) is 0 Å². The Hall–Kier alpha value is -0.683. The highest BCUT2D eigenvalue weighted by molar-refractivity contribution is 6.67. The molecule has 4 heteroatoms. The average molecular weight is 265 g/mol. The molecule has 1 atom stereocenters. The molecule has 100 valence electrons. The first-order chi connectivity index (χ1) is 8.69. The van der Waals surface area contributed by atoms with Crippen molar-refractivity contribution in [2.75, 3.05) is 27.3 Å². The Morgan fingerprint density at radius 3 is 2.39 bits per heavy atom. The Bertz CT molecular complexity index is 367. The summed E-state index contributed by atoms with van der Waals surface area (Å²) in [6, 6.07) is 10.7. The topological polar surface area (TPSA) is 21.7 Å². The van der Waals surface area contributed by atoms with E-state index in [4.69, 9.17) is 8.85 Å². The van der Waals surface area contributed by atoms with Crippen LogP contribution in [0.1, 0.15) is 12.0 Å². The van der Waals surface area contributed by atoms with E-state index in [1.807, 2.05) is 0 Å². The third-order valence-corrected chi connectivity index (χ3v) is 7.56. The summed E-state index contributed by atoms with van der Waals surface area (Å²) < 4.78 is 11.3. The summed E-state index contributed by atoms with van der Waals surface area (Å²) in [6.45, 7) is 4.43. The first kappa shape index (κ1) is 13.7. The van der Waals surface area contributed by atoms with Gasteiger partial charge in [-0.25, -0.2) is 0 Å². The molecule has 1 unspecified atom stereocenters. The SMILES string of the molecule is CO[Si](C)(OC)C1CCN1CCc1ccccc1. The van der Waals surface area contributed by atoms with Crippen molar-refractivity contribution in [3.63, 3.8) is 0 Å². The molecule has 1 fully saturated rings. The number of hydrogen-bond donors (Lipinski definition) is 0. The van der Waals surface area contributed by atoms with E-state index < -0.39 is 8.56 Å². The molecule has 2 rings (SSSR count). The zero-order valence-corrected chi connectivity index (χ0v) is 12.6. The smallest absolute Gasteiger partial charge is 0.352 e. The summed E-state index contributed by atoms with van der Waals surface area (Å²) in [5.74, 6) is 0. The maximum atomic E-state index is 5.65. The van der Waals surface area contributed by atoms with E-state index in [0.29, 0.717) is 5.67 Å². The third kappa shape index (κ3) is 2.83. The molecule has 1 aromatic carbocycles. The van der Waals surface area contributed by atoms with Crippen LogP contribution in [0.3, 0.4) is 0 Å². The van der Waals surface area contributed by atoms with Crippen LogP contribution in [0.25, 0.3) is 0 Å². The van der Waals surface area contributed by atoms with Crippen molar-refractivity contribution in [2.24, 2.45) is 0 Å². The first-order valence-corrected chi connectivity index (χ1v) is 8.97. The Kier molecular flexibility index (Phi) is 4.56. The molecule has 1 heterocycles. The first-order valence-electron chi connectivity index (χ1n) is 6.58. The molecule has 1 aromatic rings. The number of benzene rings is 1. The molecule has 0 aliphatic carbocycles. The number of nitrogens with zero attached hydrogens (tertiary/aromatic N) is 1. The number of hydrogen-bond acceptors (Lipinski definition) is 3.